The van der Waals surface area contributed by atoms with Gasteiger partial charge >= 0.3 is 0 Å². The summed E-state index contributed by atoms with van der Waals surface area (Å²) in [6.07, 6.45) is 7.58. The van der Waals surface area contributed by atoms with Crippen molar-refractivity contribution in [2.24, 2.45) is 11.7 Å². The van der Waals surface area contributed by atoms with Crippen LogP contribution in [0.4, 0.5) is 4.39 Å². The van der Waals surface area contributed by atoms with E-state index in [1.165, 1.54) is 32.1 Å². The molecule has 0 saturated heterocycles. The topological polar surface area (TPSA) is 26.0 Å². The zero-order valence-corrected chi connectivity index (χ0v) is 8.48. The summed E-state index contributed by atoms with van der Waals surface area (Å²) < 4.78 is 13.4. The molecule has 2 heteroatoms. The summed E-state index contributed by atoms with van der Waals surface area (Å²) in [6.45, 7) is 1.68. The maximum Gasteiger partial charge on any atom is 0.111 e. The molecule has 0 unspecified atom stereocenters. The van der Waals surface area contributed by atoms with Gasteiger partial charge in [0, 0.05) is 5.54 Å². The van der Waals surface area contributed by atoms with E-state index in [2.05, 4.69) is 0 Å². The van der Waals surface area contributed by atoms with Crippen LogP contribution in [-0.2, 0) is 0 Å². The predicted molar refractivity (Wildman–Crippen MR) is 52.2 cm³/mol. The fourth-order valence-electron chi connectivity index (χ4n) is 3.29. The lowest BCUT2D eigenvalue weighted by Gasteiger charge is -2.53. The Morgan fingerprint density at radius 1 is 1.15 bits per heavy atom. The van der Waals surface area contributed by atoms with Crippen LogP contribution in [0.25, 0.3) is 0 Å². The highest BCUT2D eigenvalue weighted by molar-refractivity contribution is 5.09. The number of nitrogens with two attached hydrogens (primary N) is 1. The maximum atomic E-state index is 13.4. The van der Waals surface area contributed by atoms with E-state index in [1.807, 2.05) is 0 Å². The molecular weight excluding hydrogens is 165 g/mol. The van der Waals surface area contributed by atoms with Gasteiger partial charge in [0.2, 0.25) is 0 Å². The fourth-order valence-corrected chi connectivity index (χ4v) is 3.29. The minimum atomic E-state index is -0.966. The van der Waals surface area contributed by atoms with Crippen LogP contribution < -0.4 is 5.73 Å². The highest BCUT2D eigenvalue weighted by atomic mass is 19.1. The van der Waals surface area contributed by atoms with Gasteiger partial charge in [0.25, 0.3) is 0 Å². The summed E-state index contributed by atoms with van der Waals surface area (Å²) >= 11 is 0. The highest BCUT2D eigenvalue weighted by Gasteiger charge is 2.53. The molecular formula is C11H20FN. The third-order valence-electron chi connectivity index (χ3n) is 3.81. The van der Waals surface area contributed by atoms with E-state index in [9.17, 15) is 4.39 Å². The summed E-state index contributed by atoms with van der Waals surface area (Å²) in [7, 11) is 0. The van der Waals surface area contributed by atoms with Crippen molar-refractivity contribution in [3.63, 3.8) is 0 Å². The first kappa shape index (κ1) is 9.45. The van der Waals surface area contributed by atoms with Gasteiger partial charge in [0.05, 0.1) is 0 Å². The van der Waals surface area contributed by atoms with E-state index >= 15 is 0 Å². The summed E-state index contributed by atoms with van der Waals surface area (Å²) in [5.41, 5.74) is 5.10. The van der Waals surface area contributed by atoms with E-state index in [0.29, 0.717) is 18.8 Å². The fraction of sp³-hybridized carbons (Fsp3) is 1.00. The van der Waals surface area contributed by atoms with Gasteiger partial charge < -0.3 is 5.73 Å². The highest BCUT2D eigenvalue weighted by Crippen LogP contribution is 2.50. The van der Waals surface area contributed by atoms with Gasteiger partial charge in [-0.25, -0.2) is 4.39 Å². The normalized spacial score (nSPS) is 47.3. The molecule has 0 aromatic heterocycles. The average molecular weight is 185 g/mol. The lowest BCUT2D eigenvalue weighted by atomic mass is 9.58. The third kappa shape index (κ3) is 1.74. The van der Waals surface area contributed by atoms with E-state index in [0.717, 1.165) is 0 Å². The van der Waals surface area contributed by atoms with Gasteiger partial charge in [-0.05, 0) is 38.5 Å². The van der Waals surface area contributed by atoms with E-state index in [4.69, 9.17) is 5.73 Å². The Hall–Kier alpha value is -0.110. The minimum Gasteiger partial charge on any atom is -0.325 e. The molecule has 2 fully saturated rings. The van der Waals surface area contributed by atoms with Gasteiger partial charge in [-0.15, -0.1) is 0 Å². The van der Waals surface area contributed by atoms with Crippen molar-refractivity contribution < 1.29 is 4.39 Å². The molecule has 13 heavy (non-hydrogen) atoms. The number of hydrogen-bond donors (Lipinski definition) is 1. The van der Waals surface area contributed by atoms with E-state index < -0.39 is 5.67 Å². The van der Waals surface area contributed by atoms with E-state index in [1.54, 1.807) is 6.92 Å². The predicted octanol–water partition coefficient (Wildman–Crippen LogP) is 2.79. The van der Waals surface area contributed by atoms with Crippen molar-refractivity contribution >= 4 is 0 Å². The number of alkyl halides is 1. The zero-order chi connectivity index (χ0) is 9.53. The molecule has 0 atom stereocenters. The molecule has 76 valence electrons. The molecule has 2 saturated carbocycles. The minimum absolute atomic E-state index is 0.149. The molecule has 2 aliphatic carbocycles. The lowest BCUT2D eigenvalue weighted by molar-refractivity contribution is -0.0371. The first-order valence-corrected chi connectivity index (χ1v) is 5.50. The molecule has 0 bridgehead atoms. The molecule has 0 amide bonds. The summed E-state index contributed by atoms with van der Waals surface area (Å²) in [5.74, 6) is 0.602. The Morgan fingerprint density at radius 3 is 2.15 bits per heavy atom. The zero-order valence-electron chi connectivity index (χ0n) is 8.48. The Kier molecular flexibility index (Phi) is 2.14. The van der Waals surface area contributed by atoms with Crippen LogP contribution in [0.3, 0.4) is 0 Å². The molecule has 2 N–H and O–H groups in total. The first-order chi connectivity index (χ1) is 6.02. The average Bonchev–Trinajstić information content (AvgIpc) is 2.02. The van der Waals surface area contributed by atoms with Crippen molar-refractivity contribution in [1.29, 1.82) is 0 Å². The van der Waals surface area contributed by atoms with Crippen molar-refractivity contribution in [3.05, 3.63) is 0 Å². The van der Waals surface area contributed by atoms with Crippen LogP contribution in [0.15, 0.2) is 0 Å². The quantitative estimate of drug-likeness (QED) is 0.668. The number of halogens is 1. The van der Waals surface area contributed by atoms with Gasteiger partial charge in [0.1, 0.15) is 5.67 Å². The molecule has 2 aliphatic rings. The molecule has 0 spiro atoms. The standard InChI is InChI=1S/C11H20FN/c1-10(12)7-11(13,8-10)9-5-3-2-4-6-9/h9H,2-8,13H2,1H3. The lowest BCUT2D eigenvalue weighted by Crippen LogP contribution is -2.63. The Bertz CT molecular complexity index is 186. The SMILES string of the molecule is CC1(F)CC(N)(C2CCCCC2)C1. The second kappa shape index (κ2) is 2.94. The van der Waals surface area contributed by atoms with Crippen molar-refractivity contribution in [2.45, 2.75) is 63.1 Å². The van der Waals surface area contributed by atoms with Crippen LogP contribution in [0.1, 0.15) is 51.9 Å². The summed E-state index contributed by atoms with van der Waals surface area (Å²) in [5, 5.41) is 0. The van der Waals surface area contributed by atoms with Crippen LogP contribution in [0.2, 0.25) is 0 Å². The van der Waals surface area contributed by atoms with Gasteiger partial charge in [-0.1, -0.05) is 19.3 Å². The Balaban J connectivity index is 1.93. The molecule has 0 aromatic carbocycles. The van der Waals surface area contributed by atoms with E-state index in [-0.39, 0.29) is 5.54 Å². The summed E-state index contributed by atoms with van der Waals surface area (Å²) in [4.78, 5) is 0. The van der Waals surface area contributed by atoms with Gasteiger partial charge in [-0.2, -0.15) is 0 Å². The van der Waals surface area contributed by atoms with Gasteiger partial charge in [-0.3, -0.25) is 0 Å². The number of rotatable bonds is 1. The van der Waals surface area contributed by atoms with Crippen LogP contribution in [0.5, 0.6) is 0 Å². The van der Waals surface area contributed by atoms with Crippen LogP contribution in [-0.4, -0.2) is 11.2 Å². The third-order valence-corrected chi connectivity index (χ3v) is 3.81. The maximum absolute atomic E-state index is 13.4. The largest absolute Gasteiger partial charge is 0.325 e. The molecule has 1 nitrogen and oxygen atoms in total. The van der Waals surface area contributed by atoms with Gasteiger partial charge in [0.15, 0.2) is 0 Å². The van der Waals surface area contributed by atoms with Crippen molar-refractivity contribution in [3.8, 4) is 0 Å². The molecule has 0 aromatic rings. The smallest absolute Gasteiger partial charge is 0.111 e. The Morgan fingerprint density at radius 2 is 1.69 bits per heavy atom. The molecule has 0 radical (unpaired) electrons. The van der Waals surface area contributed by atoms with Crippen LogP contribution >= 0.6 is 0 Å². The molecule has 0 heterocycles. The van der Waals surface area contributed by atoms with Crippen molar-refractivity contribution in [2.75, 3.05) is 0 Å². The first-order valence-electron chi connectivity index (χ1n) is 5.50. The van der Waals surface area contributed by atoms with Crippen molar-refractivity contribution in [1.82, 2.24) is 0 Å². The Labute approximate surface area is 79.9 Å². The summed E-state index contributed by atoms with van der Waals surface area (Å²) in [6, 6.07) is 0. The monoisotopic (exact) mass is 185 g/mol. The second-order valence-electron chi connectivity index (χ2n) is 5.34. The molecule has 0 aliphatic heterocycles. The second-order valence-corrected chi connectivity index (χ2v) is 5.34. The number of hydrogen-bond acceptors (Lipinski definition) is 1. The molecule has 2 rings (SSSR count). The van der Waals surface area contributed by atoms with Crippen LogP contribution in [0, 0.1) is 5.92 Å².